The molecule has 3 rings (SSSR count). The third kappa shape index (κ3) is 3.70. The van der Waals surface area contributed by atoms with E-state index in [1.807, 2.05) is 19.2 Å². The van der Waals surface area contributed by atoms with Crippen molar-refractivity contribution in [3.8, 4) is 5.75 Å². The number of H-pyrrole nitrogens is 1. The van der Waals surface area contributed by atoms with Crippen LogP contribution in [0.15, 0.2) is 54.7 Å². The van der Waals surface area contributed by atoms with Gasteiger partial charge in [0.1, 0.15) is 5.75 Å². The maximum absolute atomic E-state index is 5.58. The van der Waals surface area contributed by atoms with Gasteiger partial charge < -0.3 is 15.0 Å². The molecule has 2 aromatic carbocycles. The average molecular weight is 422 g/mol. The summed E-state index contributed by atoms with van der Waals surface area (Å²) in [5.74, 6) is 1.28. The Bertz CT molecular complexity index is 739. The Morgan fingerprint density at radius 1 is 1.09 bits per heavy atom. The zero-order valence-corrected chi connectivity index (χ0v) is 15.8. The molecule has 0 saturated heterocycles. The summed E-state index contributed by atoms with van der Waals surface area (Å²) in [5, 5.41) is 4.45. The number of ether oxygens (including phenoxy) is 1. The van der Waals surface area contributed by atoms with E-state index in [2.05, 4.69) is 52.9 Å². The van der Waals surface area contributed by atoms with Crippen molar-refractivity contribution in [3.05, 3.63) is 65.9 Å². The van der Waals surface area contributed by atoms with Crippen molar-refractivity contribution in [2.75, 3.05) is 20.7 Å². The average Bonchev–Trinajstić information content (AvgIpc) is 3.00. The minimum atomic E-state index is 0. The Kier molecular flexibility index (Phi) is 6.47. The fraction of sp³-hybridized carbons (Fsp3) is 0.263. The van der Waals surface area contributed by atoms with Crippen LogP contribution in [0.2, 0.25) is 0 Å². The van der Waals surface area contributed by atoms with E-state index in [1.165, 1.54) is 16.5 Å². The summed E-state index contributed by atoms with van der Waals surface area (Å²) in [4.78, 5) is 3.39. The number of benzene rings is 2. The van der Waals surface area contributed by atoms with Crippen molar-refractivity contribution in [3.63, 3.8) is 0 Å². The quantitative estimate of drug-likeness (QED) is 0.573. The van der Waals surface area contributed by atoms with Crippen molar-refractivity contribution in [2.24, 2.45) is 0 Å². The number of aromatic nitrogens is 1. The molecule has 0 aliphatic carbocycles. The molecule has 3 nitrogen and oxygen atoms in total. The molecule has 1 aromatic heterocycles. The molecule has 3 aromatic rings. The third-order valence-corrected chi connectivity index (χ3v) is 4.18. The van der Waals surface area contributed by atoms with Gasteiger partial charge in [-0.3, -0.25) is 0 Å². The molecule has 122 valence electrons. The van der Waals surface area contributed by atoms with E-state index in [-0.39, 0.29) is 24.0 Å². The van der Waals surface area contributed by atoms with E-state index < -0.39 is 0 Å². The summed E-state index contributed by atoms with van der Waals surface area (Å²) in [6.45, 7) is 0.974. The van der Waals surface area contributed by atoms with Gasteiger partial charge in [0.2, 0.25) is 0 Å². The molecule has 0 radical (unpaired) electrons. The van der Waals surface area contributed by atoms with Crippen LogP contribution in [0.25, 0.3) is 10.9 Å². The highest BCUT2D eigenvalue weighted by Crippen LogP contribution is 2.37. The standard InChI is InChI=1S/C19H22N2O.HI/c1-20-12-11-15(14-7-4-3-5-8-14)16-13-21-17-9-6-10-18(22-2)19(16)17;/h3-10,13,15,20-21H,11-12H2,1-2H3;1H. The number of fused-ring (bicyclic) bond motifs is 1. The fourth-order valence-electron chi connectivity index (χ4n) is 3.10. The second kappa shape index (κ2) is 8.36. The van der Waals surface area contributed by atoms with Gasteiger partial charge in [-0.05, 0) is 43.3 Å². The van der Waals surface area contributed by atoms with Gasteiger partial charge in [-0.1, -0.05) is 36.4 Å². The molecule has 0 fully saturated rings. The van der Waals surface area contributed by atoms with E-state index in [9.17, 15) is 0 Å². The summed E-state index contributed by atoms with van der Waals surface area (Å²) < 4.78 is 5.58. The summed E-state index contributed by atoms with van der Waals surface area (Å²) in [5.41, 5.74) is 3.76. The molecule has 2 N–H and O–H groups in total. The lowest BCUT2D eigenvalue weighted by molar-refractivity contribution is 0.419. The highest BCUT2D eigenvalue weighted by molar-refractivity contribution is 14.0. The maximum atomic E-state index is 5.58. The molecule has 1 atom stereocenters. The molecule has 4 heteroatoms. The van der Waals surface area contributed by atoms with E-state index in [0.717, 1.165) is 24.2 Å². The van der Waals surface area contributed by atoms with Gasteiger partial charge in [0, 0.05) is 23.0 Å². The first-order valence-corrected chi connectivity index (χ1v) is 7.68. The van der Waals surface area contributed by atoms with Crippen LogP contribution < -0.4 is 10.1 Å². The molecule has 23 heavy (non-hydrogen) atoms. The molecule has 0 aliphatic rings. The number of nitrogens with one attached hydrogen (secondary N) is 2. The largest absolute Gasteiger partial charge is 0.496 e. The zero-order chi connectivity index (χ0) is 15.4. The second-order valence-electron chi connectivity index (χ2n) is 5.48. The second-order valence-corrected chi connectivity index (χ2v) is 5.48. The number of hydrogen-bond donors (Lipinski definition) is 2. The SMILES string of the molecule is CNCCC(c1ccccc1)c1c[nH]c2cccc(OC)c12.I. The van der Waals surface area contributed by atoms with Gasteiger partial charge in [-0.25, -0.2) is 0 Å². The van der Waals surface area contributed by atoms with Gasteiger partial charge in [-0.15, -0.1) is 24.0 Å². The highest BCUT2D eigenvalue weighted by Gasteiger charge is 2.19. The number of methoxy groups -OCH3 is 1. The van der Waals surface area contributed by atoms with E-state index >= 15 is 0 Å². The van der Waals surface area contributed by atoms with Crippen LogP contribution in [0.4, 0.5) is 0 Å². The number of rotatable bonds is 6. The molecule has 0 saturated carbocycles. The number of hydrogen-bond acceptors (Lipinski definition) is 2. The smallest absolute Gasteiger partial charge is 0.128 e. The van der Waals surface area contributed by atoms with Gasteiger partial charge >= 0.3 is 0 Å². The van der Waals surface area contributed by atoms with Crippen LogP contribution in [-0.4, -0.2) is 25.7 Å². The van der Waals surface area contributed by atoms with Crippen molar-refractivity contribution in [1.29, 1.82) is 0 Å². The molecule has 0 spiro atoms. The van der Waals surface area contributed by atoms with Gasteiger partial charge in [0.25, 0.3) is 0 Å². The number of aromatic amines is 1. The lowest BCUT2D eigenvalue weighted by Crippen LogP contribution is -2.13. The monoisotopic (exact) mass is 422 g/mol. The van der Waals surface area contributed by atoms with E-state index in [4.69, 9.17) is 4.74 Å². The zero-order valence-electron chi connectivity index (χ0n) is 13.5. The van der Waals surface area contributed by atoms with Crippen LogP contribution in [0, 0.1) is 0 Å². The first-order chi connectivity index (χ1) is 10.8. The van der Waals surface area contributed by atoms with Crippen molar-refractivity contribution in [2.45, 2.75) is 12.3 Å². The predicted octanol–water partition coefficient (Wildman–Crippen LogP) is 4.54. The Morgan fingerprint density at radius 2 is 1.87 bits per heavy atom. The first-order valence-electron chi connectivity index (χ1n) is 7.68. The molecule has 1 heterocycles. The topological polar surface area (TPSA) is 37.0 Å². The molecule has 0 aliphatic heterocycles. The third-order valence-electron chi connectivity index (χ3n) is 4.18. The van der Waals surface area contributed by atoms with Crippen LogP contribution in [0.1, 0.15) is 23.5 Å². The van der Waals surface area contributed by atoms with E-state index in [1.54, 1.807) is 7.11 Å². The lowest BCUT2D eigenvalue weighted by atomic mass is 9.88. The summed E-state index contributed by atoms with van der Waals surface area (Å²) in [6.07, 6.45) is 3.17. The van der Waals surface area contributed by atoms with Gasteiger partial charge in [-0.2, -0.15) is 0 Å². The van der Waals surface area contributed by atoms with Crippen molar-refractivity contribution in [1.82, 2.24) is 10.3 Å². The fourth-order valence-corrected chi connectivity index (χ4v) is 3.10. The number of halogens is 1. The minimum Gasteiger partial charge on any atom is -0.496 e. The van der Waals surface area contributed by atoms with Crippen LogP contribution in [-0.2, 0) is 0 Å². The summed E-state index contributed by atoms with van der Waals surface area (Å²) in [7, 11) is 3.73. The highest BCUT2D eigenvalue weighted by atomic mass is 127. The summed E-state index contributed by atoms with van der Waals surface area (Å²) >= 11 is 0. The molecule has 0 bridgehead atoms. The minimum absolute atomic E-state index is 0. The Hall–Kier alpha value is -1.53. The molecular formula is C19H23IN2O. The van der Waals surface area contributed by atoms with Crippen LogP contribution in [0.5, 0.6) is 5.75 Å². The Labute approximate surface area is 154 Å². The Balaban J connectivity index is 0.00000192. The van der Waals surface area contributed by atoms with Gasteiger partial charge in [0.05, 0.1) is 7.11 Å². The van der Waals surface area contributed by atoms with Crippen LogP contribution in [0.3, 0.4) is 0 Å². The lowest BCUT2D eigenvalue weighted by Gasteiger charge is -2.18. The summed E-state index contributed by atoms with van der Waals surface area (Å²) in [6, 6.07) is 16.8. The van der Waals surface area contributed by atoms with E-state index in [0.29, 0.717) is 5.92 Å². The maximum Gasteiger partial charge on any atom is 0.128 e. The van der Waals surface area contributed by atoms with Gasteiger partial charge in [0.15, 0.2) is 0 Å². The molecule has 1 unspecified atom stereocenters. The van der Waals surface area contributed by atoms with Crippen molar-refractivity contribution >= 4 is 34.9 Å². The molecule has 0 amide bonds. The molecular weight excluding hydrogens is 399 g/mol. The van der Waals surface area contributed by atoms with Crippen LogP contribution >= 0.6 is 24.0 Å². The first kappa shape index (κ1) is 17.8. The Morgan fingerprint density at radius 3 is 2.57 bits per heavy atom. The predicted molar refractivity (Wildman–Crippen MR) is 107 cm³/mol. The normalized spacial score (nSPS) is 11.9. The van der Waals surface area contributed by atoms with Crippen molar-refractivity contribution < 1.29 is 4.74 Å².